The third-order valence-corrected chi connectivity index (χ3v) is 6.37. The number of halogens is 2. The van der Waals surface area contributed by atoms with E-state index in [-0.39, 0.29) is 40.9 Å². The molecule has 0 bridgehead atoms. The summed E-state index contributed by atoms with van der Waals surface area (Å²) in [5.41, 5.74) is 0.457. The van der Waals surface area contributed by atoms with Gasteiger partial charge in [0.1, 0.15) is 5.82 Å². The summed E-state index contributed by atoms with van der Waals surface area (Å²) >= 11 is 5.73. The molecule has 3 saturated heterocycles. The summed E-state index contributed by atoms with van der Waals surface area (Å²) in [6.07, 6.45) is 0.764. The minimum atomic E-state index is -0.793. The molecule has 2 aromatic rings. The Bertz CT molecular complexity index is 969. The average molecular weight is 401 g/mol. The number of hydrogen-bond acceptors (Lipinski definition) is 3. The Balaban J connectivity index is 1.46. The topological polar surface area (TPSA) is 49.9 Å². The molecular formula is C21H18ClFN2O3. The van der Waals surface area contributed by atoms with Crippen LogP contribution in [0.3, 0.4) is 0 Å². The second kappa shape index (κ2) is 6.29. The first-order valence-electron chi connectivity index (χ1n) is 9.28. The maximum atomic E-state index is 13.8. The number of amides is 2. The number of carbonyl (C=O) groups excluding carboxylic acids is 2. The third kappa shape index (κ3) is 2.41. The molecule has 0 unspecified atom stereocenters. The van der Waals surface area contributed by atoms with Gasteiger partial charge in [0.05, 0.1) is 30.1 Å². The van der Waals surface area contributed by atoms with Gasteiger partial charge in [0.25, 0.3) is 5.91 Å². The molecular weight excluding hydrogens is 383 g/mol. The summed E-state index contributed by atoms with van der Waals surface area (Å²) < 4.78 is 20.0. The summed E-state index contributed by atoms with van der Waals surface area (Å²) in [6, 6.07) is 13.3. The van der Waals surface area contributed by atoms with Gasteiger partial charge < -0.3 is 14.5 Å². The van der Waals surface area contributed by atoms with Crippen LogP contribution in [0.5, 0.6) is 0 Å². The molecule has 5 rings (SSSR count). The van der Waals surface area contributed by atoms with Crippen LogP contribution in [-0.4, -0.2) is 46.5 Å². The van der Waals surface area contributed by atoms with Crippen LogP contribution < -0.4 is 0 Å². The molecule has 0 radical (unpaired) electrons. The molecule has 2 aromatic carbocycles. The number of benzene rings is 2. The predicted molar refractivity (Wildman–Crippen MR) is 100 cm³/mol. The van der Waals surface area contributed by atoms with Gasteiger partial charge in [0.15, 0.2) is 5.72 Å². The average Bonchev–Trinajstić information content (AvgIpc) is 3.33. The van der Waals surface area contributed by atoms with Crippen LogP contribution in [0.1, 0.15) is 34.8 Å². The lowest BCUT2D eigenvalue weighted by molar-refractivity contribution is -0.138. The van der Waals surface area contributed by atoms with Crippen LogP contribution in [0, 0.1) is 5.82 Å². The van der Waals surface area contributed by atoms with Gasteiger partial charge in [-0.1, -0.05) is 41.9 Å². The Labute approximate surface area is 166 Å². The van der Waals surface area contributed by atoms with E-state index in [1.807, 2.05) is 35.2 Å². The van der Waals surface area contributed by atoms with Crippen LogP contribution in [0.2, 0.25) is 5.02 Å². The van der Waals surface area contributed by atoms with Crippen molar-refractivity contribution >= 4 is 23.4 Å². The maximum Gasteiger partial charge on any atom is 0.254 e. The number of rotatable bonds is 2. The lowest BCUT2D eigenvalue weighted by Gasteiger charge is -2.33. The van der Waals surface area contributed by atoms with E-state index in [9.17, 15) is 14.0 Å². The van der Waals surface area contributed by atoms with E-state index in [2.05, 4.69) is 0 Å². The molecule has 7 heteroatoms. The molecule has 0 aromatic heterocycles. The Morgan fingerprint density at radius 2 is 2.00 bits per heavy atom. The summed E-state index contributed by atoms with van der Waals surface area (Å²) in [7, 11) is 0. The van der Waals surface area contributed by atoms with Crippen molar-refractivity contribution in [3.8, 4) is 0 Å². The van der Waals surface area contributed by atoms with Crippen molar-refractivity contribution in [2.24, 2.45) is 0 Å². The second-order valence-electron chi connectivity index (χ2n) is 7.44. The first-order valence-corrected chi connectivity index (χ1v) is 9.66. The molecule has 3 aliphatic rings. The zero-order valence-corrected chi connectivity index (χ0v) is 15.7. The normalized spacial score (nSPS) is 28.6. The maximum absolute atomic E-state index is 13.8. The molecule has 3 atom stereocenters. The molecule has 1 spiro atoms. The molecule has 0 saturated carbocycles. The zero-order chi connectivity index (χ0) is 19.5. The number of carbonyl (C=O) groups is 2. The van der Waals surface area contributed by atoms with Crippen LogP contribution >= 0.6 is 11.6 Å². The van der Waals surface area contributed by atoms with Crippen LogP contribution in [0.25, 0.3) is 0 Å². The van der Waals surface area contributed by atoms with Crippen molar-refractivity contribution in [3.05, 3.63) is 70.5 Å². The van der Waals surface area contributed by atoms with Crippen molar-refractivity contribution in [3.63, 3.8) is 0 Å². The Morgan fingerprint density at radius 3 is 2.75 bits per heavy atom. The molecule has 0 aliphatic carbocycles. The van der Waals surface area contributed by atoms with Crippen molar-refractivity contribution < 1.29 is 18.7 Å². The largest absolute Gasteiger partial charge is 0.351 e. The molecule has 3 heterocycles. The quantitative estimate of drug-likeness (QED) is 0.776. The van der Waals surface area contributed by atoms with Crippen LogP contribution in [-0.2, 0) is 9.53 Å². The van der Waals surface area contributed by atoms with E-state index in [0.29, 0.717) is 19.6 Å². The summed E-state index contributed by atoms with van der Waals surface area (Å²) in [5.74, 6) is -0.957. The van der Waals surface area contributed by atoms with E-state index >= 15 is 0 Å². The third-order valence-electron chi connectivity index (χ3n) is 6.07. The van der Waals surface area contributed by atoms with Gasteiger partial charge in [-0.05, 0) is 23.8 Å². The Hall–Kier alpha value is -2.44. The number of hydrogen-bond donors (Lipinski definition) is 0. The van der Waals surface area contributed by atoms with Crippen molar-refractivity contribution in [1.82, 2.24) is 9.80 Å². The summed E-state index contributed by atoms with van der Waals surface area (Å²) in [4.78, 5) is 29.4. The van der Waals surface area contributed by atoms with Crippen molar-refractivity contribution in [2.75, 3.05) is 13.2 Å². The Morgan fingerprint density at radius 1 is 1.21 bits per heavy atom. The highest BCUT2D eigenvalue weighted by atomic mass is 35.5. The highest BCUT2D eigenvalue weighted by Crippen LogP contribution is 2.51. The van der Waals surface area contributed by atoms with E-state index in [0.717, 1.165) is 11.6 Å². The van der Waals surface area contributed by atoms with E-state index < -0.39 is 11.5 Å². The number of ether oxygens (including phenoxy) is 1. The van der Waals surface area contributed by atoms with Crippen LogP contribution in [0.4, 0.5) is 4.39 Å². The molecule has 2 amide bonds. The minimum absolute atomic E-state index is 0.0175. The number of nitrogens with zero attached hydrogens (tertiary/aromatic N) is 2. The smallest absolute Gasteiger partial charge is 0.254 e. The summed E-state index contributed by atoms with van der Waals surface area (Å²) in [5, 5.41) is -0.0264. The summed E-state index contributed by atoms with van der Waals surface area (Å²) in [6.45, 7) is 0.864. The van der Waals surface area contributed by atoms with Gasteiger partial charge in [0, 0.05) is 18.5 Å². The predicted octanol–water partition coefficient (Wildman–Crippen LogP) is 3.39. The van der Waals surface area contributed by atoms with Crippen molar-refractivity contribution in [2.45, 2.75) is 30.7 Å². The first-order chi connectivity index (χ1) is 13.5. The van der Waals surface area contributed by atoms with Gasteiger partial charge >= 0.3 is 0 Å². The van der Waals surface area contributed by atoms with E-state index in [1.54, 1.807) is 4.90 Å². The SMILES string of the molecule is O=C(c1ccc(Cl)c(F)c1)N1CC[C@@]23OC[C@@H](c4ccccc4)N2C(=O)C[C@@H]13. The number of likely N-dealkylation sites (tertiary alicyclic amines) is 1. The standard InChI is InChI=1S/C21H18ClFN2O3/c22-15-7-6-14(10-16(15)23)20(27)24-9-8-21-18(24)11-19(26)25(21)17(12-28-21)13-4-2-1-3-5-13/h1-7,10,17-18H,8-9,11-12H2/t17-,18+,21-/m0/s1. The van der Waals surface area contributed by atoms with Gasteiger partial charge in [-0.2, -0.15) is 0 Å². The highest BCUT2D eigenvalue weighted by Gasteiger charge is 2.65. The fourth-order valence-corrected chi connectivity index (χ4v) is 4.92. The fraction of sp³-hybridized carbons (Fsp3) is 0.333. The van der Waals surface area contributed by atoms with Gasteiger partial charge in [-0.3, -0.25) is 9.59 Å². The van der Waals surface area contributed by atoms with E-state index in [4.69, 9.17) is 16.3 Å². The van der Waals surface area contributed by atoms with Gasteiger partial charge in [-0.15, -0.1) is 0 Å². The second-order valence-corrected chi connectivity index (χ2v) is 7.85. The molecule has 3 aliphatic heterocycles. The Kier molecular flexibility index (Phi) is 3.96. The van der Waals surface area contributed by atoms with Crippen molar-refractivity contribution in [1.29, 1.82) is 0 Å². The van der Waals surface area contributed by atoms with Gasteiger partial charge in [-0.25, -0.2) is 4.39 Å². The fourth-order valence-electron chi connectivity index (χ4n) is 4.80. The monoisotopic (exact) mass is 400 g/mol. The van der Waals surface area contributed by atoms with E-state index in [1.165, 1.54) is 12.1 Å². The molecule has 3 fully saturated rings. The lowest BCUT2D eigenvalue weighted by Crippen LogP contribution is -2.49. The zero-order valence-electron chi connectivity index (χ0n) is 15.0. The molecule has 28 heavy (non-hydrogen) atoms. The van der Waals surface area contributed by atoms with Gasteiger partial charge in [0.2, 0.25) is 5.91 Å². The lowest BCUT2D eigenvalue weighted by atomic mass is 10.0. The first kappa shape index (κ1) is 17.6. The van der Waals surface area contributed by atoms with Crippen LogP contribution in [0.15, 0.2) is 48.5 Å². The molecule has 144 valence electrons. The minimum Gasteiger partial charge on any atom is -0.351 e. The molecule has 0 N–H and O–H groups in total. The highest BCUT2D eigenvalue weighted by molar-refractivity contribution is 6.30. The molecule has 5 nitrogen and oxygen atoms in total.